The lowest BCUT2D eigenvalue weighted by Gasteiger charge is -2.37. The highest BCUT2D eigenvalue weighted by Gasteiger charge is 2.38. The van der Waals surface area contributed by atoms with E-state index in [0.717, 1.165) is 19.8 Å². The van der Waals surface area contributed by atoms with Crippen LogP contribution in [0, 0.1) is 0 Å². The number of rotatable bonds is 0. The van der Waals surface area contributed by atoms with Gasteiger partial charge in [-0.05, 0) is 13.8 Å². The van der Waals surface area contributed by atoms with Crippen LogP contribution in [0.25, 0.3) is 0 Å². The molecule has 0 bridgehead atoms. The Morgan fingerprint density at radius 1 is 1.33 bits per heavy atom. The fraction of sp³-hybridized carbons (Fsp3) is 1.00. The molecule has 0 saturated carbocycles. The van der Waals surface area contributed by atoms with Crippen molar-refractivity contribution >= 4 is 12.4 Å². The molecular formula is C8H16ClNO2. The highest BCUT2D eigenvalue weighted by Crippen LogP contribution is 2.22. The van der Waals surface area contributed by atoms with E-state index < -0.39 is 0 Å². The van der Waals surface area contributed by atoms with Crippen LogP contribution in [0.15, 0.2) is 0 Å². The third-order valence-corrected chi connectivity index (χ3v) is 2.29. The molecule has 0 spiro atoms. The minimum absolute atomic E-state index is 0. The Kier molecular flexibility index (Phi) is 2.99. The fourth-order valence-corrected chi connectivity index (χ4v) is 1.67. The topological polar surface area (TPSA) is 30.5 Å². The number of fused-ring (bicyclic) bond motifs is 1. The highest BCUT2D eigenvalue weighted by atomic mass is 35.5. The summed E-state index contributed by atoms with van der Waals surface area (Å²) in [5, 5.41) is 3.42. The first-order valence-corrected chi connectivity index (χ1v) is 4.16. The number of hydrogen-bond acceptors (Lipinski definition) is 3. The Morgan fingerprint density at radius 3 is 2.83 bits per heavy atom. The fourth-order valence-electron chi connectivity index (χ4n) is 1.67. The molecule has 2 heterocycles. The lowest BCUT2D eigenvalue weighted by molar-refractivity contribution is -0.103. The van der Waals surface area contributed by atoms with Gasteiger partial charge >= 0.3 is 0 Å². The molecule has 0 aromatic heterocycles. The van der Waals surface area contributed by atoms with Crippen molar-refractivity contribution in [2.75, 3.05) is 19.8 Å². The Labute approximate surface area is 79.2 Å². The Bertz CT molecular complexity index is 163. The van der Waals surface area contributed by atoms with Crippen molar-refractivity contribution in [3.05, 3.63) is 0 Å². The lowest BCUT2D eigenvalue weighted by Crippen LogP contribution is -2.56. The summed E-state index contributed by atoms with van der Waals surface area (Å²) in [5.41, 5.74) is -0.0190. The number of hydrogen-bond donors (Lipinski definition) is 1. The van der Waals surface area contributed by atoms with Crippen LogP contribution in [-0.4, -0.2) is 37.5 Å². The SMILES string of the molecule is CC1(C)CN[C@@H]2COC[C@H]2O1.Cl. The molecule has 2 atom stereocenters. The van der Waals surface area contributed by atoms with E-state index in [4.69, 9.17) is 9.47 Å². The van der Waals surface area contributed by atoms with E-state index in [9.17, 15) is 0 Å². The molecule has 4 heteroatoms. The average Bonchev–Trinajstić information content (AvgIpc) is 2.31. The molecule has 0 aliphatic carbocycles. The summed E-state index contributed by atoms with van der Waals surface area (Å²) in [5.74, 6) is 0. The summed E-state index contributed by atoms with van der Waals surface area (Å²) >= 11 is 0. The zero-order valence-corrected chi connectivity index (χ0v) is 8.32. The highest BCUT2D eigenvalue weighted by molar-refractivity contribution is 5.85. The van der Waals surface area contributed by atoms with Crippen molar-refractivity contribution in [2.24, 2.45) is 0 Å². The van der Waals surface area contributed by atoms with Gasteiger partial charge in [-0.15, -0.1) is 12.4 Å². The van der Waals surface area contributed by atoms with Gasteiger partial charge in [0.2, 0.25) is 0 Å². The number of halogens is 1. The quantitative estimate of drug-likeness (QED) is 0.611. The average molecular weight is 194 g/mol. The molecule has 2 saturated heterocycles. The van der Waals surface area contributed by atoms with Crippen LogP contribution in [-0.2, 0) is 9.47 Å². The molecule has 12 heavy (non-hydrogen) atoms. The number of ether oxygens (including phenoxy) is 2. The maximum absolute atomic E-state index is 5.81. The van der Waals surface area contributed by atoms with Crippen molar-refractivity contribution < 1.29 is 9.47 Å². The maximum atomic E-state index is 5.81. The normalized spacial score (nSPS) is 38.5. The summed E-state index contributed by atoms with van der Waals surface area (Å²) in [7, 11) is 0. The molecule has 0 aromatic rings. The van der Waals surface area contributed by atoms with E-state index in [0.29, 0.717) is 6.04 Å². The van der Waals surface area contributed by atoms with E-state index in [-0.39, 0.29) is 24.1 Å². The van der Waals surface area contributed by atoms with Gasteiger partial charge in [-0.2, -0.15) is 0 Å². The zero-order valence-electron chi connectivity index (χ0n) is 7.50. The second-order valence-electron chi connectivity index (χ2n) is 3.94. The van der Waals surface area contributed by atoms with Gasteiger partial charge in [0.25, 0.3) is 0 Å². The smallest absolute Gasteiger partial charge is 0.0991 e. The van der Waals surface area contributed by atoms with Crippen LogP contribution < -0.4 is 5.32 Å². The van der Waals surface area contributed by atoms with Gasteiger partial charge in [0.1, 0.15) is 0 Å². The summed E-state index contributed by atoms with van der Waals surface area (Å²) in [4.78, 5) is 0. The molecule has 2 aliphatic heterocycles. The first-order valence-electron chi connectivity index (χ1n) is 4.16. The van der Waals surface area contributed by atoms with E-state index >= 15 is 0 Å². The van der Waals surface area contributed by atoms with Gasteiger partial charge in [0.05, 0.1) is 31.0 Å². The molecule has 0 radical (unpaired) electrons. The van der Waals surface area contributed by atoms with Crippen LogP contribution in [0.3, 0.4) is 0 Å². The monoisotopic (exact) mass is 193 g/mol. The third-order valence-electron chi connectivity index (χ3n) is 2.29. The van der Waals surface area contributed by atoms with Crippen molar-refractivity contribution in [3.8, 4) is 0 Å². The molecular weight excluding hydrogens is 178 g/mol. The molecule has 0 amide bonds. The second-order valence-corrected chi connectivity index (χ2v) is 3.94. The molecule has 3 nitrogen and oxygen atoms in total. The number of morpholine rings is 1. The van der Waals surface area contributed by atoms with Crippen LogP contribution in [0.5, 0.6) is 0 Å². The summed E-state index contributed by atoms with van der Waals surface area (Å²) in [6.07, 6.45) is 0.277. The summed E-state index contributed by atoms with van der Waals surface area (Å²) in [6, 6.07) is 0.433. The zero-order chi connectivity index (χ0) is 7.90. The Morgan fingerprint density at radius 2 is 2.08 bits per heavy atom. The predicted molar refractivity (Wildman–Crippen MR) is 48.8 cm³/mol. The van der Waals surface area contributed by atoms with E-state index in [2.05, 4.69) is 19.2 Å². The van der Waals surface area contributed by atoms with Crippen molar-refractivity contribution in [1.82, 2.24) is 5.32 Å². The van der Waals surface area contributed by atoms with Gasteiger partial charge in [0.15, 0.2) is 0 Å². The molecule has 2 aliphatic rings. The first kappa shape index (κ1) is 10.3. The predicted octanol–water partition coefficient (Wildman–Crippen LogP) is 0.574. The summed E-state index contributed by atoms with van der Waals surface area (Å²) in [6.45, 7) is 6.70. The molecule has 0 unspecified atom stereocenters. The number of nitrogens with one attached hydrogen (secondary N) is 1. The summed E-state index contributed by atoms with van der Waals surface area (Å²) < 4.78 is 11.1. The van der Waals surface area contributed by atoms with Crippen LogP contribution in [0.4, 0.5) is 0 Å². The van der Waals surface area contributed by atoms with E-state index in [1.54, 1.807) is 0 Å². The molecule has 1 N–H and O–H groups in total. The van der Waals surface area contributed by atoms with Gasteiger partial charge in [-0.25, -0.2) is 0 Å². The first-order chi connectivity index (χ1) is 5.17. The minimum atomic E-state index is -0.0190. The molecule has 0 aromatic carbocycles. The van der Waals surface area contributed by atoms with Crippen molar-refractivity contribution in [3.63, 3.8) is 0 Å². The standard InChI is InChI=1S/C8H15NO2.ClH/c1-8(2)5-9-6-3-10-4-7(6)11-8;/h6-7,9H,3-5H2,1-2H3;1H/t6-,7-;/m1./s1. The second kappa shape index (κ2) is 3.50. The van der Waals surface area contributed by atoms with Crippen LogP contribution >= 0.6 is 12.4 Å². The molecule has 2 fully saturated rings. The maximum Gasteiger partial charge on any atom is 0.0991 e. The van der Waals surface area contributed by atoms with Crippen molar-refractivity contribution in [1.29, 1.82) is 0 Å². The van der Waals surface area contributed by atoms with E-state index in [1.165, 1.54) is 0 Å². The molecule has 2 rings (SSSR count). The van der Waals surface area contributed by atoms with Gasteiger partial charge in [0, 0.05) is 6.54 Å². The third kappa shape index (κ3) is 1.91. The minimum Gasteiger partial charge on any atom is -0.377 e. The van der Waals surface area contributed by atoms with E-state index in [1.807, 2.05) is 0 Å². The lowest BCUT2D eigenvalue weighted by atomic mass is 10.0. The van der Waals surface area contributed by atoms with Gasteiger partial charge in [-0.1, -0.05) is 0 Å². The Balaban J connectivity index is 0.000000720. The van der Waals surface area contributed by atoms with Crippen LogP contribution in [0.1, 0.15) is 13.8 Å². The van der Waals surface area contributed by atoms with Crippen LogP contribution in [0.2, 0.25) is 0 Å². The Hall–Kier alpha value is 0.170. The van der Waals surface area contributed by atoms with Crippen molar-refractivity contribution in [2.45, 2.75) is 31.6 Å². The van der Waals surface area contributed by atoms with Gasteiger partial charge < -0.3 is 14.8 Å². The van der Waals surface area contributed by atoms with Gasteiger partial charge in [-0.3, -0.25) is 0 Å². The molecule has 72 valence electrons. The largest absolute Gasteiger partial charge is 0.377 e.